The molecule has 5 heteroatoms. The Morgan fingerprint density at radius 3 is 2.74 bits per heavy atom. The predicted molar refractivity (Wildman–Crippen MR) is 71.1 cm³/mol. The molecule has 0 radical (unpaired) electrons. The molecule has 0 aliphatic rings. The smallest absolute Gasteiger partial charge is 0.339 e. The number of aromatic nitrogens is 2. The Kier molecular flexibility index (Phi) is 3.74. The van der Waals surface area contributed by atoms with Gasteiger partial charge < -0.3 is 9.52 Å². The van der Waals surface area contributed by atoms with Crippen LogP contribution in [-0.2, 0) is 6.54 Å². The van der Waals surface area contributed by atoms with E-state index in [1.807, 2.05) is 6.92 Å². The Morgan fingerprint density at radius 1 is 1.47 bits per heavy atom. The van der Waals surface area contributed by atoms with Crippen LogP contribution in [0.4, 0.5) is 0 Å². The third kappa shape index (κ3) is 3.05. The van der Waals surface area contributed by atoms with E-state index >= 15 is 0 Å². The lowest BCUT2D eigenvalue weighted by atomic mass is 10.1. The summed E-state index contributed by atoms with van der Waals surface area (Å²) in [6, 6.07) is 3.55. The van der Waals surface area contributed by atoms with Crippen LogP contribution < -0.4 is 0 Å². The quantitative estimate of drug-likeness (QED) is 0.898. The molecular formula is C14H18N2O3. The van der Waals surface area contributed by atoms with Crippen molar-refractivity contribution in [3.8, 4) is 11.5 Å². The normalized spacial score (nSPS) is 11.2. The zero-order valence-corrected chi connectivity index (χ0v) is 11.4. The molecule has 102 valence electrons. The van der Waals surface area contributed by atoms with E-state index in [0.717, 1.165) is 12.2 Å². The molecule has 0 amide bonds. The molecule has 2 aromatic heterocycles. The summed E-state index contributed by atoms with van der Waals surface area (Å²) in [6.45, 7) is 6.77. The first-order valence-corrected chi connectivity index (χ1v) is 6.35. The predicted octanol–water partition coefficient (Wildman–Crippen LogP) is 3.20. The lowest BCUT2D eigenvalue weighted by Crippen LogP contribution is -2.02. The fourth-order valence-electron chi connectivity index (χ4n) is 1.83. The minimum absolute atomic E-state index is 0.179. The van der Waals surface area contributed by atoms with E-state index in [1.54, 1.807) is 23.0 Å². The summed E-state index contributed by atoms with van der Waals surface area (Å²) < 4.78 is 7.14. The molecule has 0 unspecified atom stereocenters. The molecule has 2 heterocycles. The Morgan fingerprint density at radius 2 is 2.21 bits per heavy atom. The largest absolute Gasteiger partial charge is 0.478 e. The summed E-state index contributed by atoms with van der Waals surface area (Å²) in [6.07, 6.45) is 2.52. The van der Waals surface area contributed by atoms with Gasteiger partial charge in [-0.2, -0.15) is 5.10 Å². The van der Waals surface area contributed by atoms with Gasteiger partial charge in [-0.05, 0) is 31.4 Å². The molecule has 0 bridgehead atoms. The highest BCUT2D eigenvalue weighted by Crippen LogP contribution is 2.24. The monoisotopic (exact) mass is 262 g/mol. The van der Waals surface area contributed by atoms with Gasteiger partial charge >= 0.3 is 5.97 Å². The first-order chi connectivity index (χ1) is 8.97. The maximum atomic E-state index is 11.3. The molecule has 0 spiro atoms. The number of aryl methyl sites for hydroxylation is 2. The van der Waals surface area contributed by atoms with Crippen molar-refractivity contribution in [1.82, 2.24) is 9.78 Å². The van der Waals surface area contributed by atoms with Crippen LogP contribution in [0.15, 0.2) is 22.7 Å². The van der Waals surface area contributed by atoms with Crippen LogP contribution in [0.3, 0.4) is 0 Å². The summed E-state index contributed by atoms with van der Waals surface area (Å²) in [5, 5.41) is 13.6. The van der Waals surface area contributed by atoms with Gasteiger partial charge in [0.15, 0.2) is 5.76 Å². The van der Waals surface area contributed by atoms with Crippen molar-refractivity contribution in [2.75, 3.05) is 0 Å². The van der Waals surface area contributed by atoms with Crippen LogP contribution in [0.25, 0.3) is 11.5 Å². The van der Waals surface area contributed by atoms with Crippen LogP contribution in [0.1, 0.15) is 36.4 Å². The van der Waals surface area contributed by atoms with E-state index in [-0.39, 0.29) is 5.56 Å². The molecule has 2 rings (SSSR count). The zero-order chi connectivity index (χ0) is 14.0. The summed E-state index contributed by atoms with van der Waals surface area (Å²) in [7, 11) is 0. The second-order valence-electron chi connectivity index (χ2n) is 5.05. The highest BCUT2D eigenvalue weighted by atomic mass is 16.4. The number of nitrogens with zero attached hydrogens (tertiary/aromatic N) is 2. The molecule has 2 aromatic rings. The number of carboxylic acid groups (broad SMARTS) is 1. The molecule has 0 aliphatic carbocycles. The van der Waals surface area contributed by atoms with Crippen LogP contribution in [0, 0.1) is 12.8 Å². The van der Waals surface area contributed by atoms with Crippen molar-refractivity contribution in [3.05, 3.63) is 29.7 Å². The van der Waals surface area contributed by atoms with Gasteiger partial charge in [-0.3, -0.25) is 4.68 Å². The minimum atomic E-state index is -0.986. The van der Waals surface area contributed by atoms with Gasteiger partial charge in [0.05, 0.1) is 0 Å². The molecule has 0 aromatic carbocycles. The van der Waals surface area contributed by atoms with Gasteiger partial charge in [0.25, 0.3) is 0 Å². The lowest BCUT2D eigenvalue weighted by Gasteiger charge is -2.03. The molecule has 0 saturated heterocycles. The molecule has 19 heavy (non-hydrogen) atoms. The van der Waals surface area contributed by atoms with Crippen molar-refractivity contribution in [3.63, 3.8) is 0 Å². The Labute approximate surface area is 111 Å². The van der Waals surface area contributed by atoms with Gasteiger partial charge in [-0.25, -0.2) is 4.79 Å². The van der Waals surface area contributed by atoms with Crippen molar-refractivity contribution < 1.29 is 14.3 Å². The van der Waals surface area contributed by atoms with Gasteiger partial charge in [-0.15, -0.1) is 0 Å². The molecule has 0 fully saturated rings. The molecule has 0 aliphatic heterocycles. The Bertz CT molecular complexity index is 581. The van der Waals surface area contributed by atoms with Crippen LogP contribution >= 0.6 is 0 Å². The molecule has 5 nitrogen and oxygen atoms in total. The average molecular weight is 262 g/mol. The molecule has 0 atom stereocenters. The van der Waals surface area contributed by atoms with E-state index in [2.05, 4.69) is 18.9 Å². The molecule has 1 N–H and O–H groups in total. The summed E-state index contributed by atoms with van der Waals surface area (Å²) >= 11 is 0. The number of rotatable bonds is 5. The number of hydrogen-bond donors (Lipinski definition) is 1. The zero-order valence-electron chi connectivity index (χ0n) is 11.4. The second kappa shape index (κ2) is 5.30. The van der Waals surface area contributed by atoms with Crippen LogP contribution in [0.2, 0.25) is 0 Å². The van der Waals surface area contributed by atoms with Crippen molar-refractivity contribution >= 4 is 5.97 Å². The highest BCUT2D eigenvalue weighted by molar-refractivity contribution is 5.93. The number of aromatic carboxylic acids is 1. The first-order valence-electron chi connectivity index (χ1n) is 6.35. The SMILES string of the molecule is Cc1ccc(-c2nn(CCC(C)C)cc2C(=O)O)o1. The Balaban J connectivity index is 2.33. The minimum Gasteiger partial charge on any atom is -0.478 e. The topological polar surface area (TPSA) is 68.3 Å². The van der Waals surface area contributed by atoms with Crippen molar-refractivity contribution in [2.45, 2.75) is 33.7 Å². The van der Waals surface area contributed by atoms with Gasteiger partial charge in [-0.1, -0.05) is 13.8 Å². The summed E-state index contributed by atoms with van der Waals surface area (Å²) in [5.41, 5.74) is 0.572. The number of carboxylic acids is 1. The molecule has 0 saturated carbocycles. The van der Waals surface area contributed by atoms with E-state index in [9.17, 15) is 9.90 Å². The van der Waals surface area contributed by atoms with Crippen LogP contribution in [-0.4, -0.2) is 20.9 Å². The average Bonchev–Trinajstić information content (AvgIpc) is 2.92. The number of carbonyl (C=O) groups is 1. The molecular weight excluding hydrogens is 244 g/mol. The Hall–Kier alpha value is -2.04. The van der Waals surface area contributed by atoms with E-state index < -0.39 is 5.97 Å². The first kappa shape index (κ1) is 13.4. The fraction of sp³-hybridized carbons (Fsp3) is 0.429. The van der Waals surface area contributed by atoms with E-state index in [0.29, 0.717) is 23.9 Å². The van der Waals surface area contributed by atoms with Crippen LogP contribution in [0.5, 0.6) is 0 Å². The van der Waals surface area contributed by atoms with Gasteiger partial charge in [0.1, 0.15) is 17.0 Å². The highest BCUT2D eigenvalue weighted by Gasteiger charge is 2.19. The van der Waals surface area contributed by atoms with Crippen molar-refractivity contribution in [1.29, 1.82) is 0 Å². The second-order valence-corrected chi connectivity index (χ2v) is 5.05. The lowest BCUT2D eigenvalue weighted by molar-refractivity contribution is 0.0697. The summed E-state index contributed by atoms with van der Waals surface area (Å²) in [5.74, 6) is 0.799. The third-order valence-electron chi connectivity index (χ3n) is 2.90. The van der Waals surface area contributed by atoms with Gasteiger partial charge in [0.2, 0.25) is 0 Å². The standard InChI is InChI=1S/C14H18N2O3/c1-9(2)6-7-16-8-11(14(17)18)13(15-16)12-5-4-10(3)19-12/h4-5,8-9H,6-7H2,1-3H3,(H,17,18). The van der Waals surface area contributed by atoms with E-state index in [1.165, 1.54) is 0 Å². The maximum absolute atomic E-state index is 11.3. The third-order valence-corrected chi connectivity index (χ3v) is 2.90. The number of hydrogen-bond acceptors (Lipinski definition) is 3. The fourth-order valence-corrected chi connectivity index (χ4v) is 1.83. The van der Waals surface area contributed by atoms with Gasteiger partial charge in [0, 0.05) is 12.7 Å². The van der Waals surface area contributed by atoms with E-state index in [4.69, 9.17) is 4.42 Å². The number of furan rings is 1. The van der Waals surface area contributed by atoms with Crippen molar-refractivity contribution in [2.24, 2.45) is 5.92 Å². The summed E-state index contributed by atoms with van der Waals surface area (Å²) in [4.78, 5) is 11.3. The maximum Gasteiger partial charge on any atom is 0.339 e.